The number of nitrogens with zero attached hydrogens (tertiary/aromatic N) is 1. The monoisotopic (exact) mass is 509 g/mol. The molecule has 3 heterocycles. The highest BCUT2D eigenvalue weighted by molar-refractivity contribution is 5.37. The number of piperidine rings is 2. The average molecular weight is 510 g/mol. The molecule has 0 aromatic rings. The Labute approximate surface area is 212 Å². The highest BCUT2D eigenvalue weighted by Crippen LogP contribution is 2.78. The Bertz CT molecular complexity index is 995. The summed E-state index contributed by atoms with van der Waals surface area (Å²) in [7, 11) is 0. The molecule has 3 saturated heterocycles. The van der Waals surface area contributed by atoms with E-state index in [1.54, 1.807) is 6.92 Å². The minimum Gasteiger partial charge on any atom is -0.390 e. The van der Waals surface area contributed by atoms with Crippen molar-refractivity contribution in [2.75, 3.05) is 13.1 Å². The standard InChI is InChI=1S/C27H43NO8/c1-14-4-7-18-22(3,31)26(34)17(12-28(18)11-14)24(33)13-25-16(23(24,32)10-20(26)30)6-5-15-21(25,2)9-8-19(29)27(15,35)36-25/h14-20,29-35H,4-13H2,1-3H3/t14-,15-,16-,17-,18-,19-,20-,21-,22+,23+,24+,25-,26-,27?/m0/s1. The smallest absolute Gasteiger partial charge is 0.196 e. The van der Waals surface area contributed by atoms with Gasteiger partial charge in [0.2, 0.25) is 0 Å². The van der Waals surface area contributed by atoms with Gasteiger partial charge in [-0.25, -0.2) is 0 Å². The Hall–Kier alpha value is -0.360. The molecule has 9 nitrogen and oxygen atoms in total. The van der Waals surface area contributed by atoms with Gasteiger partial charge in [0, 0.05) is 55.1 Å². The Balaban J connectivity index is 1.39. The molecule has 4 saturated carbocycles. The van der Waals surface area contributed by atoms with Gasteiger partial charge >= 0.3 is 0 Å². The first-order chi connectivity index (χ1) is 16.6. The van der Waals surface area contributed by atoms with Crippen molar-refractivity contribution in [3.63, 3.8) is 0 Å². The summed E-state index contributed by atoms with van der Waals surface area (Å²) in [5, 5.41) is 83.2. The minimum absolute atomic E-state index is 0.0208. The summed E-state index contributed by atoms with van der Waals surface area (Å²) < 4.78 is 6.52. The number of fused-ring (bicyclic) bond motifs is 5. The quantitative estimate of drug-likeness (QED) is 0.228. The lowest BCUT2D eigenvalue weighted by Gasteiger charge is -2.68. The Morgan fingerprint density at radius 1 is 0.778 bits per heavy atom. The number of rotatable bonds is 0. The summed E-state index contributed by atoms with van der Waals surface area (Å²) in [4.78, 5) is 2.12. The summed E-state index contributed by atoms with van der Waals surface area (Å²) in [5.74, 6) is -3.30. The largest absolute Gasteiger partial charge is 0.390 e. The van der Waals surface area contributed by atoms with Crippen LogP contribution in [-0.4, -0.2) is 106 Å². The molecule has 7 rings (SSSR count). The average Bonchev–Trinajstić information content (AvgIpc) is 2.97. The Morgan fingerprint density at radius 2 is 1.47 bits per heavy atom. The van der Waals surface area contributed by atoms with Crippen molar-refractivity contribution in [3.8, 4) is 0 Å². The van der Waals surface area contributed by atoms with Crippen LogP contribution in [0.2, 0.25) is 0 Å². The molecular formula is C27H43NO8. The van der Waals surface area contributed by atoms with Crippen molar-refractivity contribution in [2.45, 2.75) is 124 Å². The molecule has 4 bridgehead atoms. The molecule has 4 aliphatic carbocycles. The topological polar surface area (TPSA) is 154 Å². The second kappa shape index (κ2) is 6.67. The van der Waals surface area contributed by atoms with E-state index in [1.165, 1.54) is 0 Å². The molecule has 1 unspecified atom stereocenters. The van der Waals surface area contributed by atoms with Gasteiger partial charge in [-0.2, -0.15) is 0 Å². The number of aliphatic hydroxyl groups is 7. The van der Waals surface area contributed by atoms with Crippen LogP contribution in [0.4, 0.5) is 0 Å². The zero-order chi connectivity index (χ0) is 25.9. The second-order valence-corrected chi connectivity index (χ2v) is 14.3. The summed E-state index contributed by atoms with van der Waals surface area (Å²) in [6.07, 6.45) is 0.752. The first-order valence-electron chi connectivity index (χ1n) is 14.0. The highest BCUT2D eigenvalue weighted by atomic mass is 16.7. The van der Waals surface area contributed by atoms with Crippen LogP contribution < -0.4 is 0 Å². The van der Waals surface area contributed by atoms with Crippen LogP contribution in [0.1, 0.15) is 72.1 Å². The van der Waals surface area contributed by atoms with Crippen LogP contribution in [0, 0.1) is 29.1 Å². The molecule has 0 radical (unpaired) electrons. The number of aliphatic hydroxyl groups excluding tert-OH is 2. The summed E-state index contributed by atoms with van der Waals surface area (Å²) in [6.45, 7) is 6.70. The van der Waals surface area contributed by atoms with Gasteiger partial charge in [0.05, 0.1) is 11.7 Å². The molecule has 0 aromatic heterocycles. The lowest BCUT2D eigenvalue weighted by Crippen LogP contribution is -2.85. The summed E-state index contributed by atoms with van der Waals surface area (Å²) >= 11 is 0. The first kappa shape index (κ1) is 24.7. The van der Waals surface area contributed by atoms with Crippen molar-refractivity contribution in [3.05, 3.63) is 0 Å². The maximum absolute atomic E-state index is 12.7. The van der Waals surface area contributed by atoms with Gasteiger partial charge in [0.1, 0.15) is 28.5 Å². The van der Waals surface area contributed by atoms with Crippen LogP contribution in [-0.2, 0) is 4.74 Å². The van der Waals surface area contributed by atoms with Gasteiger partial charge in [-0.15, -0.1) is 0 Å². The van der Waals surface area contributed by atoms with Gasteiger partial charge in [0.25, 0.3) is 0 Å². The lowest BCUT2D eigenvalue weighted by atomic mass is 9.49. The van der Waals surface area contributed by atoms with Crippen molar-refractivity contribution in [2.24, 2.45) is 29.1 Å². The van der Waals surface area contributed by atoms with Crippen molar-refractivity contribution >= 4 is 0 Å². The van der Waals surface area contributed by atoms with Crippen LogP contribution in [0.25, 0.3) is 0 Å². The molecule has 7 fully saturated rings. The summed E-state index contributed by atoms with van der Waals surface area (Å²) in [5.41, 5.74) is -9.07. The van der Waals surface area contributed by atoms with E-state index in [2.05, 4.69) is 11.8 Å². The Kier molecular flexibility index (Phi) is 4.57. The molecule has 7 N–H and O–H groups in total. The van der Waals surface area contributed by atoms with Gasteiger partial charge in [-0.3, -0.25) is 4.90 Å². The zero-order valence-corrected chi connectivity index (χ0v) is 21.6. The molecular weight excluding hydrogens is 466 g/mol. The van der Waals surface area contributed by atoms with E-state index in [4.69, 9.17) is 4.74 Å². The fraction of sp³-hybridized carbons (Fsp3) is 1.00. The first-order valence-corrected chi connectivity index (χ1v) is 14.0. The molecule has 36 heavy (non-hydrogen) atoms. The van der Waals surface area contributed by atoms with E-state index in [9.17, 15) is 35.7 Å². The molecule has 14 atom stereocenters. The van der Waals surface area contributed by atoms with Gasteiger partial charge in [-0.1, -0.05) is 13.8 Å². The van der Waals surface area contributed by atoms with E-state index in [1.807, 2.05) is 6.92 Å². The van der Waals surface area contributed by atoms with Crippen LogP contribution in [0.3, 0.4) is 0 Å². The SMILES string of the molecule is C[C@H]1CC[C@@H]2N(C1)C[C@@H]1[C@](O)([C@@H](O)C[C@@]3(O)[C@@H]4CC[C@@H]5C6(O)O[C@]4(C[C@@]13O)[C@@]5(C)CC[C@@H]6O)[C@]2(C)O. The Morgan fingerprint density at radius 3 is 2.19 bits per heavy atom. The lowest BCUT2D eigenvalue weighted by molar-refractivity contribution is -0.354. The maximum Gasteiger partial charge on any atom is 0.196 e. The second-order valence-electron chi connectivity index (χ2n) is 14.3. The third kappa shape index (κ3) is 2.27. The number of hydrogen-bond acceptors (Lipinski definition) is 9. The van der Waals surface area contributed by atoms with E-state index < -0.39 is 63.3 Å². The van der Waals surface area contributed by atoms with Crippen LogP contribution in [0.15, 0.2) is 0 Å². The third-order valence-electron chi connectivity index (χ3n) is 13.1. The number of ether oxygens (including phenoxy) is 1. The van der Waals surface area contributed by atoms with E-state index in [-0.39, 0.29) is 31.3 Å². The van der Waals surface area contributed by atoms with E-state index in [0.29, 0.717) is 44.6 Å². The predicted octanol–water partition coefficient (Wildman–Crippen LogP) is -0.526. The molecule has 0 aromatic carbocycles. The molecule has 1 spiro atoms. The van der Waals surface area contributed by atoms with Crippen molar-refractivity contribution < 1.29 is 40.5 Å². The van der Waals surface area contributed by atoms with E-state index >= 15 is 0 Å². The summed E-state index contributed by atoms with van der Waals surface area (Å²) in [6, 6.07) is -0.360. The normalized spacial score (nSPS) is 68.0. The van der Waals surface area contributed by atoms with Gasteiger partial charge in [0.15, 0.2) is 5.79 Å². The zero-order valence-electron chi connectivity index (χ0n) is 21.6. The molecule has 7 aliphatic rings. The fourth-order valence-electron chi connectivity index (χ4n) is 11.3. The molecule has 0 amide bonds. The van der Waals surface area contributed by atoms with Crippen LogP contribution in [0.5, 0.6) is 0 Å². The van der Waals surface area contributed by atoms with Gasteiger partial charge in [-0.05, 0) is 51.4 Å². The number of hydrogen-bond donors (Lipinski definition) is 7. The van der Waals surface area contributed by atoms with Crippen LogP contribution >= 0.6 is 0 Å². The van der Waals surface area contributed by atoms with Crippen molar-refractivity contribution in [1.29, 1.82) is 0 Å². The molecule has 204 valence electrons. The highest BCUT2D eigenvalue weighted by Gasteiger charge is 2.88. The molecule has 9 heteroatoms. The molecule has 3 aliphatic heterocycles. The van der Waals surface area contributed by atoms with Crippen molar-refractivity contribution in [1.82, 2.24) is 4.90 Å². The van der Waals surface area contributed by atoms with E-state index in [0.717, 1.165) is 6.42 Å². The van der Waals surface area contributed by atoms with Gasteiger partial charge < -0.3 is 40.5 Å². The third-order valence-corrected chi connectivity index (χ3v) is 13.1. The predicted molar refractivity (Wildman–Crippen MR) is 126 cm³/mol. The fourth-order valence-corrected chi connectivity index (χ4v) is 11.3. The minimum atomic E-state index is -2.02. The maximum atomic E-state index is 12.7.